The van der Waals surface area contributed by atoms with Gasteiger partial charge in [-0.3, -0.25) is 9.88 Å². The molecule has 1 aliphatic heterocycles. The second-order valence-electron chi connectivity index (χ2n) is 4.38. The van der Waals surface area contributed by atoms with Gasteiger partial charge in [0.1, 0.15) is 6.10 Å². The van der Waals surface area contributed by atoms with E-state index in [2.05, 4.69) is 15.0 Å². The highest BCUT2D eigenvalue weighted by Crippen LogP contribution is 2.29. The fourth-order valence-corrected chi connectivity index (χ4v) is 2.26. The predicted octanol–water partition coefficient (Wildman–Crippen LogP) is 2.87. The second kappa shape index (κ2) is 5.07. The van der Waals surface area contributed by atoms with Gasteiger partial charge in [0.25, 0.3) is 0 Å². The third-order valence-corrected chi connectivity index (χ3v) is 3.14. The third kappa shape index (κ3) is 2.10. The molecule has 0 aliphatic carbocycles. The van der Waals surface area contributed by atoms with Crippen LogP contribution in [0.2, 0.25) is 0 Å². The van der Waals surface area contributed by atoms with Crippen molar-refractivity contribution in [3.63, 3.8) is 0 Å². The number of pyridine rings is 1. The number of ether oxygens (including phenoxy) is 1. The van der Waals surface area contributed by atoms with E-state index in [-0.39, 0.29) is 6.54 Å². The number of azide groups is 1. The van der Waals surface area contributed by atoms with Gasteiger partial charge in [0.15, 0.2) is 0 Å². The standard InChI is InChI=1S/C13H11N5O2/c14-17-16-7-9-8-18(13(19)20-9)12-5-1-4-11-10(12)3-2-6-15-11/h1-6,9H,7-8H2. The molecule has 1 fully saturated rings. The lowest BCUT2D eigenvalue weighted by molar-refractivity contribution is 0.145. The zero-order chi connectivity index (χ0) is 13.9. The Hall–Kier alpha value is -2.79. The monoisotopic (exact) mass is 269 g/mol. The average Bonchev–Trinajstić information content (AvgIpc) is 2.85. The lowest BCUT2D eigenvalue weighted by atomic mass is 10.1. The minimum Gasteiger partial charge on any atom is -0.444 e. The Kier molecular flexibility index (Phi) is 3.10. The summed E-state index contributed by atoms with van der Waals surface area (Å²) in [6.07, 6.45) is 0.864. The Morgan fingerprint density at radius 1 is 1.45 bits per heavy atom. The first-order chi connectivity index (χ1) is 9.79. The molecule has 2 aromatic rings. The van der Waals surface area contributed by atoms with Gasteiger partial charge in [0, 0.05) is 16.5 Å². The number of nitrogens with zero attached hydrogens (tertiary/aromatic N) is 5. The van der Waals surface area contributed by atoms with E-state index in [4.69, 9.17) is 10.3 Å². The van der Waals surface area contributed by atoms with Crippen molar-refractivity contribution >= 4 is 22.7 Å². The number of hydrogen-bond acceptors (Lipinski definition) is 4. The number of cyclic esters (lactones) is 1. The van der Waals surface area contributed by atoms with E-state index in [0.29, 0.717) is 6.54 Å². The van der Waals surface area contributed by atoms with Crippen molar-refractivity contribution in [3.8, 4) is 0 Å². The van der Waals surface area contributed by atoms with E-state index < -0.39 is 12.2 Å². The van der Waals surface area contributed by atoms with Crippen molar-refractivity contribution in [1.29, 1.82) is 0 Å². The molecule has 0 spiro atoms. The predicted molar refractivity (Wildman–Crippen MR) is 73.4 cm³/mol. The number of amides is 1. The Morgan fingerprint density at radius 2 is 2.35 bits per heavy atom. The van der Waals surface area contributed by atoms with E-state index >= 15 is 0 Å². The fourth-order valence-electron chi connectivity index (χ4n) is 2.26. The zero-order valence-corrected chi connectivity index (χ0v) is 10.5. The lowest BCUT2D eigenvalue weighted by Gasteiger charge is -2.15. The van der Waals surface area contributed by atoms with Gasteiger partial charge in [-0.2, -0.15) is 0 Å². The molecule has 2 heterocycles. The number of carbonyl (C=O) groups excluding carboxylic acids is 1. The maximum absolute atomic E-state index is 11.9. The lowest BCUT2D eigenvalue weighted by Crippen LogP contribution is -2.25. The van der Waals surface area contributed by atoms with Crippen molar-refractivity contribution in [2.75, 3.05) is 18.0 Å². The Morgan fingerprint density at radius 3 is 3.20 bits per heavy atom. The van der Waals surface area contributed by atoms with Gasteiger partial charge >= 0.3 is 6.09 Å². The van der Waals surface area contributed by atoms with E-state index in [1.54, 1.807) is 11.1 Å². The van der Waals surface area contributed by atoms with Gasteiger partial charge in [-0.25, -0.2) is 4.79 Å². The quantitative estimate of drug-likeness (QED) is 0.487. The molecule has 0 radical (unpaired) electrons. The maximum Gasteiger partial charge on any atom is 0.414 e. The van der Waals surface area contributed by atoms with Crippen LogP contribution >= 0.6 is 0 Å². The van der Waals surface area contributed by atoms with Crippen molar-refractivity contribution in [2.45, 2.75) is 6.10 Å². The van der Waals surface area contributed by atoms with Gasteiger partial charge in [0.2, 0.25) is 0 Å². The minimum absolute atomic E-state index is 0.141. The van der Waals surface area contributed by atoms with E-state index in [1.807, 2.05) is 30.3 Å². The van der Waals surface area contributed by atoms with E-state index in [0.717, 1.165) is 16.6 Å². The highest BCUT2D eigenvalue weighted by Gasteiger charge is 2.32. The first-order valence-corrected chi connectivity index (χ1v) is 6.12. The van der Waals surface area contributed by atoms with Crippen molar-refractivity contribution in [3.05, 3.63) is 47.0 Å². The molecule has 1 aliphatic rings. The largest absolute Gasteiger partial charge is 0.444 e. The molecule has 1 saturated heterocycles. The Bertz CT molecular complexity index is 705. The summed E-state index contributed by atoms with van der Waals surface area (Å²) < 4.78 is 5.18. The van der Waals surface area contributed by atoms with Crippen LogP contribution in [0.3, 0.4) is 0 Å². The smallest absolute Gasteiger partial charge is 0.414 e. The van der Waals surface area contributed by atoms with Crippen LogP contribution < -0.4 is 4.90 Å². The summed E-state index contributed by atoms with van der Waals surface area (Å²) in [6, 6.07) is 9.31. The zero-order valence-electron chi connectivity index (χ0n) is 10.5. The summed E-state index contributed by atoms with van der Waals surface area (Å²) in [5, 5.41) is 4.33. The summed E-state index contributed by atoms with van der Waals surface area (Å²) >= 11 is 0. The molecule has 0 N–H and O–H groups in total. The van der Waals surface area contributed by atoms with Gasteiger partial charge in [0.05, 0.1) is 24.3 Å². The van der Waals surface area contributed by atoms with Crippen molar-refractivity contribution in [2.24, 2.45) is 5.11 Å². The Labute approximate surface area is 114 Å². The summed E-state index contributed by atoms with van der Waals surface area (Å²) in [6.45, 7) is 0.508. The number of fused-ring (bicyclic) bond motifs is 1. The summed E-state index contributed by atoms with van der Waals surface area (Å²) in [5.74, 6) is 0. The molecular weight excluding hydrogens is 258 g/mol. The number of anilines is 1. The molecule has 1 aromatic carbocycles. The van der Waals surface area contributed by atoms with Crippen LogP contribution in [-0.2, 0) is 4.74 Å². The maximum atomic E-state index is 11.9. The van der Waals surface area contributed by atoms with Crippen LogP contribution in [0.1, 0.15) is 0 Å². The molecule has 1 amide bonds. The van der Waals surface area contributed by atoms with Crippen LogP contribution in [0.5, 0.6) is 0 Å². The molecule has 1 aromatic heterocycles. The first kappa shape index (κ1) is 12.3. The van der Waals surface area contributed by atoms with Crippen LogP contribution in [-0.4, -0.2) is 30.3 Å². The number of carbonyl (C=O) groups is 1. The normalized spacial score (nSPS) is 17.9. The van der Waals surface area contributed by atoms with Crippen LogP contribution in [0.25, 0.3) is 21.3 Å². The van der Waals surface area contributed by atoms with E-state index in [9.17, 15) is 4.79 Å². The van der Waals surface area contributed by atoms with Crippen molar-refractivity contribution < 1.29 is 9.53 Å². The second-order valence-corrected chi connectivity index (χ2v) is 4.38. The summed E-state index contributed by atoms with van der Waals surface area (Å²) in [4.78, 5) is 20.4. The van der Waals surface area contributed by atoms with Gasteiger partial charge in [-0.1, -0.05) is 11.2 Å². The van der Waals surface area contributed by atoms with Gasteiger partial charge in [-0.05, 0) is 29.8 Å². The molecule has 1 unspecified atom stereocenters. The molecular formula is C13H11N5O2. The minimum atomic E-state index is -0.431. The number of hydrogen-bond donors (Lipinski definition) is 0. The number of aromatic nitrogens is 1. The molecule has 20 heavy (non-hydrogen) atoms. The van der Waals surface area contributed by atoms with Crippen LogP contribution in [0, 0.1) is 0 Å². The van der Waals surface area contributed by atoms with E-state index in [1.165, 1.54) is 0 Å². The Balaban J connectivity index is 1.95. The third-order valence-electron chi connectivity index (χ3n) is 3.14. The summed E-state index contributed by atoms with van der Waals surface area (Å²) in [7, 11) is 0. The van der Waals surface area contributed by atoms with Gasteiger partial charge in [-0.15, -0.1) is 0 Å². The van der Waals surface area contributed by atoms with Gasteiger partial charge < -0.3 is 4.74 Å². The van der Waals surface area contributed by atoms with Crippen molar-refractivity contribution in [1.82, 2.24) is 4.98 Å². The molecule has 100 valence electrons. The molecule has 0 bridgehead atoms. The molecule has 7 heteroatoms. The van der Waals surface area contributed by atoms with Crippen LogP contribution in [0.15, 0.2) is 41.6 Å². The highest BCUT2D eigenvalue weighted by molar-refractivity contribution is 6.01. The molecule has 1 atom stereocenters. The van der Waals surface area contributed by atoms with Crippen LogP contribution in [0.4, 0.5) is 10.5 Å². The molecule has 3 rings (SSSR count). The fraction of sp³-hybridized carbons (Fsp3) is 0.231. The SMILES string of the molecule is [N-]=[N+]=NCC1CN(c2cccc3ncccc23)C(=O)O1. The first-order valence-electron chi connectivity index (χ1n) is 6.12. The number of rotatable bonds is 3. The molecule has 7 nitrogen and oxygen atoms in total. The number of benzene rings is 1. The highest BCUT2D eigenvalue weighted by atomic mass is 16.6. The summed E-state index contributed by atoms with van der Waals surface area (Å²) in [5.41, 5.74) is 9.88. The average molecular weight is 269 g/mol. The molecule has 0 saturated carbocycles. The topological polar surface area (TPSA) is 91.2 Å².